The highest BCUT2D eigenvalue weighted by molar-refractivity contribution is 5.94. The first-order valence-electron chi connectivity index (χ1n) is 11.7. The molecule has 0 bridgehead atoms. The van der Waals surface area contributed by atoms with Gasteiger partial charge in [-0.25, -0.2) is 4.79 Å². The van der Waals surface area contributed by atoms with Gasteiger partial charge in [0.1, 0.15) is 18.1 Å². The topological polar surface area (TPSA) is 195 Å². The number of likely N-dealkylation sites (tertiary alicyclic amines) is 1. The van der Waals surface area contributed by atoms with Gasteiger partial charge in [0, 0.05) is 36.5 Å². The van der Waals surface area contributed by atoms with E-state index in [1.807, 2.05) is 24.3 Å². The number of hydrogen-bond donors (Lipinski definition) is 6. The highest BCUT2D eigenvalue weighted by atomic mass is 16.4. The molecule has 2 aromatic rings. The highest BCUT2D eigenvalue weighted by Crippen LogP contribution is 2.21. The zero-order chi connectivity index (χ0) is 26.4. The summed E-state index contributed by atoms with van der Waals surface area (Å²) in [5, 5.41) is 24.3. The Labute approximate surface area is 207 Å². The molecule has 1 fully saturated rings. The van der Waals surface area contributed by atoms with E-state index >= 15 is 0 Å². The molecular formula is C24H31N5O7. The van der Waals surface area contributed by atoms with Gasteiger partial charge in [0.2, 0.25) is 17.7 Å². The number of H-pyrrole nitrogens is 1. The molecule has 7 N–H and O–H groups in total. The second-order valence-corrected chi connectivity index (χ2v) is 8.92. The lowest BCUT2D eigenvalue weighted by molar-refractivity contribution is -0.144. The van der Waals surface area contributed by atoms with Crippen LogP contribution in [0.4, 0.5) is 0 Å². The summed E-state index contributed by atoms with van der Waals surface area (Å²) in [5.74, 6) is -4.03. The molecule has 36 heavy (non-hydrogen) atoms. The van der Waals surface area contributed by atoms with Crippen LogP contribution in [0, 0.1) is 0 Å². The second kappa shape index (κ2) is 11.7. The minimum Gasteiger partial charge on any atom is -0.481 e. The average molecular weight is 502 g/mol. The summed E-state index contributed by atoms with van der Waals surface area (Å²) in [6, 6.07) is 3.28. The number of para-hydroxylation sites is 1. The fourth-order valence-electron chi connectivity index (χ4n) is 4.33. The smallest absolute Gasteiger partial charge is 0.326 e. The van der Waals surface area contributed by atoms with E-state index in [9.17, 15) is 29.1 Å². The maximum absolute atomic E-state index is 13.0. The minimum atomic E-state index is -1.20. The number of aliphatic carboxylic acids is 2. The van der Waals surface area contributed by atoms with Crippen molar-refractivity contribution in [3.05, 3.63) is 36.0 Å². The molecule has 1 saturated heterocycles. The summed E-state index contributed by atoms with van der Waals surface area (Å²) >= 11 is 0. The predicted molar refractivity (Wildman–Crippen MR) is 129 cm³/mol. The number of aromatic amines is 1. The number of benzene rings is 1. The van der Waals surface area contributed by atoms with E-state index < -0.39 is 53.8 Å². The van der Waals surface area contributed by atoms with E-state index in [4.69, 9.17) is 10.8 Å². The molecule has 1 aliphatic heterocycles. The van der Waals surface area contributed by atoms with Crippen molar-refractivity contribution in [3.63, 3.8) is 0 Å². The molecule has 1 aliphatic rings. The van der Waals surface area contributed by atoms with Gasteiger partial charge in [-0.3, -0.25) is 19.2 Å². The molecule has 0 saturated carbocycles. The first-order valence-corrected chi connectivity index (χ1v) is 11.7. The number of hydrogen-bond acceptors (Lipinski definition) is 6. The molecule has 1 aromatic heterocycles. The molecule has 0 spiro atoms. The lowest BCUT2D eigenvalue weighted by Crippen LogP contribution is -2.56. The molecule has 194 valence electrons. The van der Waals surface area contributed by atoms with Crippen molar-refractivity contribution in [1.82, 2.24) is 20.5 Å². The van der Waals surface area contributed by atoms with Crippen molar-refractivity contribution >= 4 is 40.6 Å². The predicted octanol–water partition coefficient (Wildman–Crippen LogP) is -0.0324. The van der Waals surface area contributed by atoms with Gasteiger partial charge in [0.15, 0.2) is 0 Å². The standard InChI is InChI=1S/C24H31N5O7/c1-13(27-21(32)16(25)8-9-20(30)31)23(34)29-10-4-7-19(29)22(33)28-18(24(35)36)11-14-12-26-17-6-3-2-5-15(14)17/h2-3,5-6,12-13,16,18-19,26H,4,7-11,25H2,1H3,(H,27,32)(H,28,33)(H,30,31)(H,35,36). The van der Waals surface area contributed by atoms with Crippen molar-refractivity contribution in [1.29, 1.82) is 0 Å². The Balaban J connectivity index is 1.62. The minimum absolute atomic E-state index is 0.0619. The maximum atomic E-state index is 13.0. The van der Waals surface area contributed by atoms with Crippen LogP contribution in [0.2, 0.25) is 0 Å². The largest absolute Gasteiger partial charge is 0.481 e. The van der Waals surface area contributed by atoms with Crippen LogP contribution in [-0.2, 0) is 30.4 Å². The summed E-state index contributed by atoms with van der Waals surface area (Å²) in [5.41, 5.74) is 7.29. The van der Waals surface area contributed by atoms with Crippen molar-refractivity contribution in [2.75, 3.05) is 6.54 Å². The Hall–Kier alpha value is -3.93. The van der Waals surface area contributed by atoms with Crippen LogP contribution in [0.3, 0.4) is 0 Å². The molecule has 1 aromatic carbocycles. The normalized spacial score (nSPS) is 17.8. The van der Waals surface area contributed by atoms with Gasteiger partial charge in [-0.15, -0.1) is 0 Å². The Kier molecular flexibility index (Phi) is 8.64. The number of fused-ring (bicyclic) bond motifs is 1. The highest BCUT2D eigenvalue weighted by Gasteiger charge is 2.38. The SMILES string of the molecule is CC(NC(=O)C(N)CCC(=O)O)C(=O)N1CCCC1C(=O)NC(Cc1c[nH]c2ccccc12)C(=O)O. The second-order valence-electron chi connectivity index (χ2n) is 8.92. The van der Waals surface area contributed by atoms with Gasteiger partial charge in [-0.05, 0) is 37.8 Å². The van der Waals surface area contributed by atoms with Gasteiger partial charge < -0.3 is 36.5 Å². The first-order chi connectivity index (χ1) is 17.1. The van der Waals surface area contributed by atoms with Crippen LogP contribution in [0.25, 0.3) is 10.9 Å². The van der Waals surface area contributed by atoms with Gasteiger partial charge in [0.05, 0.1) is 6.04 Å². The number of rotatable bonds is 11. The van der Waals surface area contributed by atoms with E-state index in [0.29, 0.717) is 12.8 Å². The monoisotopic (exact) mass is 501 g/mol. The van der Waals surface area contributed by atoms with E-state index in [1.165, 1.54) is 11.8 Å². The molecule has 0 aliphatic carbocycles. The zero-order valence-electron chi connectivity index (χ0n) is 19.9. The van der Waals surface area contributed by atoms with Crippen LogP contribution in [0.1, 0.15) is 38.2 Å². The number of amides is 3. The van der Waals surface area contributed by atoms with Crippen LogP contribution >= 0.6 is 0 Å². The Morgan fingerprint density at radius 3 is 2.58 bits per heavy atom. The van der Waals surface area contributed by atoms with E-state index in [2.05, 4.69) is 15.6 Å². The fourth-order valence-corrected chi connectivity index (χ4v) is 4.33. The summed E-state index contributed by atoms with van der Waals surface area (Å²) in [6.07, 6.45) is 2.31. The van der Waals surface area contributed by atoms with Gasteiger partial charge in [0.25, 0.3) is 0 Å². The number of carbonyl (C=O) groups excluding carboxylic acids is 3. The molecule has 3 rings (SSSR count). The molecule has 3 amide bonds. The number of nitrogens with two attached hydrogens (primary N) is 1. The molecule has 12 nitrogen and oxygen atoms in total. The third-order valence-corrected chi connectivity index (χ3v) is 6.29. The number of nitrogens with one attached hydrogen (secondary N) is 3. The van der Waals surface area contributed by atoms with E-state index in [1.54, 1.807) is 6.20 Å². The number of carboxylic acids is 2. The zero-order valence-corrected chi connectivity index (χ0v) is 19.9. The summed E-state index contributed by atoms with van der Waals surface area (Å²) in [7, 11) is 0. The van der Waals surface area contributed by atoms with Gasteiger partial charge in [-0.2, -0.15) is 0 Å². The van der Waals surface area contributed by atoms with E-state index in [0.717, 1.165) is 16.5 Å². The quantitative estimate of drug-likeness (QED) is 0.247. The maximum Gasteiger partial charge on any atom is 0.326 e. The van der Waals surface area contributed by atoms with Crippen LogP contribution in [-0.4, -0.2) is 80.5 Å². The Bertz CT molecular complexity index is 1150. The number of carbonyl (C=O) groups is 5. The Morgan fingerprint density at radius 2 is 1.89 bits per heavy atom. The molecule has 0 radical (unpaired) electrons. The molecule has 4 unspecified atom stereocenters. The number of carboxylic acid groups (broad SMARTS) is 2. The van der Waals surface area contributed by atoms with Crippen molar-refractivity contribution in [3.8, 4) is 0 Å². The lowest BCUT2D eigenvalue weighted by Gasteiger charge is -2.28. The Morgan fingerprint density at radius 1 is 1.17 bits per heavy atom. The van der Waals surface area contributed by atoms with E-state index in [-0.39, 0.29) is 25.8 Å². The van der Waals surface area contributed by atoms with Crippen molar-refractivity contribution in [2.45, 2.75) is 63.2 Å². The number of nitrogens with zero attached hydrogens (tertiary/aromatic N) is 1. The fraction of sp³-hybridized carbons (Fsp3) is 0.458. The lowest BCUT2D eigenvalue weighted by atomic mass is 10.0. The van der Waals surface area contributed by atoms with Crippen LogP contribution < -0.4 is 16.4 Å². The molecule has 2 heterocycles. The van der Waals surface area contributed by atoms with Crippen LogP contribution in [0.5, 0.6) is 0 Å². The summed E-state index contributed by atoms with van der Waals surface area (Å²) in [4.78, 5) is 65.2. The third-order valence-electron chi connectivity index (χ3n) is 6.29. The average Bonchev–Trinajstić information content (AvgIpc) is 3.49. The molecule has 4 atom stereocenters. The third kappa shape index (κ3) is 6.39. The first kappa shape index (κ1) is 26.7. The molecular weight excluding hydrogens is 470 g/mol. The van der Waals surface area contributed by atoms with Crippen molar-refractivity contribution in [2.24, 2.45) is 5.73 Å². The van der Waals surface area contributed by atoms with Crippen LogP contribution in [0.15, 0.2) is 30.5 Å². The van der Waals surface area contributed by atoms with Gasteiger partial charge >= 0.3 is 11.9 Å². The molecule has 12 heteroatoms. The summed E-state index contributed by atoms with van der Waals surface area (Å²) < 4.78 is 0. The van der Waals surface area contributed by atoms with Gasteiger partial charge in [-0.1, -0.05) is 18.2 Å². The summed E-state index contributed by atoms with van der Waals surface area (Å²) in [6.45, 7) is 1.73. The van der Waals surface area contributed by atoms with Crippen molar-refractivity contribution < 1.29 is 34.2 Å². The number of aromatic nitrogens is 1.